The third-order valence-corrected chi connectivity index (χ3v) is 8.77. The van der Waals surface area contributed by atoms with Crippen LogP contribution in [0.4, 0.5) is 9.18 Å². The summed E-state index contributed by atoms with van der Waals surface area (Å²) in [5, 5.41) is 8.40. The second-order valence-corrected chi connectivity index (χ2v) is 11.2. The number of hydrogen-bond acceptors (Lipinski definition) is 5. The summed E-state index contributed by atoms with van der Waals surface area (Å²) in [5.41, 5.74) is 0. The molecule has 0 spiro atoms. The number of hydrogen-bond donors (Lipinski definition) is 3. The van der Waals surface area contributed by atoms with Crippen molar-refractivity contribution < 1.29 is 27.2 Å². The third kappa shape index (κ3) is 5.92. The number of halogens is 1. The van der Waals surface area contributed by atoms with Crippen molar-refractivity contribution in [3.63, 3.8) is 0 Å². The number of nitrogens with one attached hydrogen (secondary N) is 3. The molecule has 2 saturated heterocycles. The van der Waals surface area contributed by atoms with Gasteiger partial charge in [0.15, 0.2) is 0 Å². The molecule has 4 rings (SSSR count). The largest absolute Gasteiger partial charge is 0.354 e. The lowest BCUT2D eigenvalue weighted by Crippen LogP contribution is -2.65. The van der Waals surface area contributed by atoms with Crippen molar-refractivity contribution in [3.05, 3.63) is 30.1 Å². The number of piperidine rings is 1. The van der Waals surface area contributed by atoms with Crippen molar-refractivity contribution >= 4 is 27.9 Å². The lowest BCUT2D eigenvalue weighted by molar-refractivity contribution is -0.133. The summed E-state index contributed by atoms with van der Waals surface area (Å²) in [6.07, 6.45) is 6.08. The van der Waals surface area contributed by atoms with Crippen LogP contribution in [-0.4, -0.2) is 79.8 Å². The van der Waals surface area contributed by atoms with Crippen molar-refractivity contribution in [2.24, 2.45) is 0 Å². The molecule has 2 heterocycles. The molecule has 0 aromatic heterocycles. The Kier molecular flexibility index (Phi) is 7.90. The normalized spacial score (nSPS) is 24.5. The highest BCUT2D eigenvalue weighted by atomic mass is 32.2. The zero-order valence-corrected chi connectivity index (χ0v) is 20.4. The minimum absolute atomic E-state index is 0.00786. The van der Waals surface area contributed by atoms with E-state index in [-0.39, 0.29) is 36.5 Å². The van der Waals surface area contributed by atoms with E-state index in [1.165, 1.54) is 17.0 Å². The summed E-state index contributed by atoms with van der Waals surface area (Å²) in [6, 6.07) is 2.23. The maximum absolute atomic E-state index is 13.3. The van der Waals surface area contributed by atoms with Gasteiger partial charge in [-0.15, -0.1) is 0 Å². The Morgan fingerprint density at radius 3 is 2.37 bits per heavy atom. The molecule has 1 aromatic carbocycles. The second kappa shape index (κ2) is 10.9. The van der Waals surface area contributed by atoms with Gasteiger partial charge < -0.3 is 20.9 Å². The van der Waals surface area contributed by atoms with Gasteiger partial charge in [-0.05, 0) is 49.9 Å². The van der Waals surface area contributed by atoms with Crippen molar-refractivity contribution in [3.8, 4) is 0 Å². The topological polar surface area (TPSA) is 128 Å². The van der Waals surface area contributed by atoms with Crippen LogP contribution in [0.25, 0.3) is 0 Å². The van der Waals surface area contributed by atoms with Crippen LogP contribution in [0.1, 0.15) is 44.9 Å². The van der Waals surface area contributed by atoms with Crippen LogP contribution in [0.5, 0.6) is 0 Å². The summed E-state index contributed by atoms with van der Waals surface area (Å²) in [4.78, 5) is 39.9. The first-order valence-electron chi connectivity index (χ1n) is 12.2. The fourth-order valence-electron chi connectivity index (χ4n) is 4.88. The van der Waals surface area contributed by atoms with Gasteiger partial charge in [-0.3, -0.25) is 9.59 Å². The van der Waals surface area contributed by atoms with Crippen molar-refractivity contribution in [1.29, 1.82) is 0 Å². The van der Waals surface area contributed by atoms with Crippen LogP contribution < -0.4 is 16.0 Å². The van der Waals surface area contributed by atoms with Gasteiger partial charge in [-0.2, -0.15) is 4.31 Å². The Morgan fingerprint density at radius 1 is 0.971 bits per heavy atom. The van der Waals surface area contributed by atoms with Gasteiger partial charge in [0, 0.05) is 32.2 Å². The van der Waals surface area contributed by atoms with Gasteiger partial charge in [0.05, 0.1) is 4.90 Å². The maximum atomic E-state index is 13.3. The van der Waals surface area contributed by atoms with Crippen LogP contribution in [-0.2, 0) is 19.6 Å². The zero-order chi connectivity index (χ0) is 25.0. The summed E-state index contributed by atoms with van der Waals surface area (Å²) >= 11 is 0. The monoisotopic (exact) mass is 509 g/mol. The number of urea groups is 1. The van der Waals surface area contributed by atoms with Crippen LogP contribution in [0.3, 0.4) is 0 Å². The number of benzene rings is 1. The number of piperazine rings is 1. The molecule has 3 N–H and O–H groups in total. The molecular formula is C23H32FN5O5S. The Balaban J connectivity index is 1.53. The molecule has 1 aliphatic carbocycles. The molecule has 35 heavy (non-hydrogen) atoms. The Bertz CT molecular complexity index is 1040. The van der Waals surface area contributed by atoms with E-state index in [2.05, 4.69) is 16.0 Å². The van der Waals surface area contributed by atoms with Crippen LogP contribution in [0.2, 0.25) is 0 Å². The van der Waals surface area contributed by atoms with Gasteiger partial charge >= 0.3 is 6.03 Å². The minimum Gasteiger partial charge on any atom is -0.354 e. The summed E-state index contributed by atoms with van der Waals surface area (Å²) in [7, 11) is -4.02. The molecular weight excluding hydrogens is 477 g/mol. The summed E-state index contributed by atoms with van der Waals surface area (Å²) in [6.45, 7) is 0.269. The Morgan fingerprint density at radius 2 is 1.69 bits per heavy atom. The predicted octanol–water partition coefficient (Wildman–Crippen LogP) is 0.938. The molecule has 2 atom stereocenters. The molecule has 4 amide bonds. The van der Waals surface area contributed by atoms with E-state index >= 15 is 0 Å². The highest BCUT2D eigenvalue weighted by molar-refractivity contribution is 7.89. The van der Waals surface area contributed by atoms with Gasteiger partial charge in [-0.25, -0.2) is 17.6 Å². The maximum Gasteiger partial charge on any atom is 0.318 e. The van der Waals surface area contributed by atoms with E-state index in [1.54, 1.807) is 0 Å². The molecule has 2 aliphatic heterocycles. The number of nitrogens with zero attached hydrogens (tertiary/aromatic N) is 2. The molecule has 1 aromatic rings. The smallest absolute Gasteiger partial charge is 0.318 e. The first-order valence-corrected chi connectivity index (χ1v) is 13.6. The van der Waals surface area contributed by atoms with E-state index in [4.69, 9.17) is 0 Å². The lowest BCUT2D eigenvalue weighted by atomic mass is 9.96. The van der Waals surface area contributed by atoms with Gasteiger partial charge in [0.2, 0.25) is 21.8 Å². The fourth-order valence-corrected chi connectivity index (χ4v) is 6.32. The Hall–Kier alpha value is -2.73. The Labute approximate surface area is 204 Å². The van der Waals surface area contributed by atoms with Crippen LogP contribution in [0.15, 0.2) is 29.2 Å². The average Bonchev–Trinajstić information content (AvgIpc) is 2.86. The van der Waals surface area contributed by atoms with Gasteiger partial charge in [0.25, 0.3) is 0 Å². The van der Waals surface area contributed by atoms with Crippen molar-refractivity contribution in [2.45, 2.75) is 68.0 Å². The molecule has 0 bridgehead atoms. The standard InChI is InChI=1S/C23H32FN5O5S/c24-16-8-10-18(11-9-16)35(33,34)28-13-14-29(23(32)26-17-5-2-1-3-6-17)20(15-28)22(31)27-19-7-4-12-25-21(19)30/h8-11,17,19-20H,1-7,12-15H2,(H,25,30)(H,26,32)(H,27,31)/t19-,20+/m0/s1. The predicted molar refractivity (Wildman–Crippen MR) is 125 cm³/mol. The molecule has 3 aliphatic rings. The van der Waals surface area contributed by atoms with Crippen molar-refractivity contribution in [2.75, 3.05) is 26.2 Å². The summed E-state index contributed by atoms with van der Waals surface area (Å²) in [5.74, 6) is -1.43. The number of carbonyl (C=O) groups is 3. The third-order valence-electron chi connectivity index (χ3n) is 6.89. The van der Waals surface area contributed by atoms with Crippen molar-refractivity contribution in [1.82, 2.24) is 25.2 Å². The minimum atomic E-state index is -4.02. The van der Waals surface area contributed by atoms with Gasteiger partial charge in [0.1, 0.15) is 17.9 Å². The molecule has 192 valence electrons. The van der Waals surface area contributed by atoms with Gasteiger partial charge in [-0.1, -0.05) is 19.3 Å². The van der Waals surface area contributed by atoms with E-state index in [0.29, 0.717) is 19.4 Å². The van der Waals surface area contributed by atoms with E-state index < -0.39 is 39.9 Å². The van der Waals surface area contributed by atoms with E-state index in [9.17, 15) is 27.2 Å². The lowest BCUT2D eigenvalue weighted by Gasteiger charge is -2.41. The van der Waals surface area contributed by atoms with E-state index in [0.717, 1.165) is 48.5 Å². The number of amides is 4. The molecule has 0 unspecified atom stereocenters. The SMILES string of the molecule is O=C1NCCC[C@@H]1NC(=O)[C@H]1CN(S(=O)(=O)c2ccc(F)cc2)CCN1C(=O)NC1CCCCC1. The molecule has 10 nitrogen and oxygen atoms in total. The second-order valence-electron chi connectivity index (χ2n) is 9.31. The highest BCUT2D eigenvalue weighted by Crippen LogP contribution is 2.22. The number of sulfonamides is 1. The number of rotatable bonds is 5. The number of carbonyl (C=O) groups excluding carboxylic acids is 3. The quantitative estimate of drug-likeness (QED) is 0.544. The molecule has 0 radical (unpaired) electrons. The summed E-state index contributed by atoms with van der Waals surface area (Å²) < 4.78 is 40.8. The van der Waals surface area contributed by atoms with Crippen LogP contribution in [0, 0.1) is 5.82 Å². The highest BCUT2D eigenvalue weighted by Gasteiger charge is 2.41. The van der Waals surface area contributed by atoms with Crippen LogP contribution >= 0.6 is 0 Å². The molecule has 1 saturated carbocycles. The first-order chi connectivity index (χ1) is 16.8. The zero-order valence-electron chi connectivity index (χ0n) is 19.5. The molecule has 3 fully saturated rings. The first kappa shape index (κ1) is 25.4. The molecule has 12 heteroatoms. The fraction of sp³-hybridized carbons (Fsp3) is 0.609. The average molecular weight is 510 g/mol. The van der Waals surface area contributed by atoms with E-state index in [1.807, 2.05) is 0 Å².